The van der Waals surface area contributed by atoms with Crippen LogP contribution in [0.25, 0.3) is 17.5 Å². The number of carbonyl (C=O) groups excluding carboxylic acids is 1. The van der Waals surface area contributed by atoms with Crippen LogP contribution in [-0.2, 0) is 18.3 Å². The summed E-state index contributed by atoms with van der Waals surface area (Å²) < 4.78 is 8.54. The van der Waals surface area contributed by atoms with E-state index >= 15 is 0 Å². The van der Waals surface area contributed by atoms with Crippen molar-refractivity contribution in [3.05, 3.63) is 54.0 Å². The highest BCUT2D eigenvalue weighted by Gasteiger charge is 2.22. The van der Waals surface area contributed by atoms with Gasteiger partial charge in [0.1, 0.15) is 17.6 Å². The molecule has 1 aliphatic heterocycles. The zero-order valence-electron chi connectivity index (χ0n) is 18.3. The molecule has 10 heteroatoms. The maximum Gasteiger partial charge on any atom is 0.271 e. The zero-order valence-corrected chi connectivity index (χ0v) is 18.3. The Hall–Kier alpha value is -3.63. The van der Waals surface area contributed by atoms with Crippen LogP contribution in [-0.4, -0.2) is 68.7 Å². The number of imidazole rings is 1. The van der Waals surface area contributed by atoms with Crippen molar-refractivity contribution >= 4 is 18.1 Å². The number of nitrogens with one attached hydrogen (secondary N) is 2. The van der Waals surface area contributed by atoms with Gasteiger partial charge in [0, 0.05) is 50.8 Å². The summed E-state index contributed by atoms with van der Waals surface area (Å²) in [4.78, 5) is 19.7. The van der Waals surface area contributed by atoms with Gasteiger partial charge in [0.25, 0.3) is 5.91 Å². The van der Waals surface area contributed by atoms with Gasteiger partial charge in [0.15, 0.2) is 0 Å². The highest BCUT2D eigenvalue weighted by molar-refractivity contribution is 5.94. The van der Waals surface area contributed by atoms with Gasteiger partial charge in [-0.1, -0.05) is 12.1 Å². The predicted octanol–water partition coefficient (Wildman–Crippen LogP) is 1.72. The molecule has 3 heterocycles. The Balaban J connectivity index is 1.45. The average molecular weight is 438 g/mol. The maximum absolute atomic E-state index is 13.0. The first-order valence-corrected chi connectivity index (χ1v) is 10.3. The standard InChI is InChI=1S/C22H27N7O3/c1-27(9-10-32-3)13-16-12-23-28(2)20(16)21(31)25-19-7-8-29-14-18(24-22(29)26-19)15-5-4-6-17(30)11-15/h4-8,11-12,14,19,30H,9-10,13H2,1-3H3,(H,24,26)(H,25,31). The summed E-state index contributed by atoms with van der Waals surface area (Å²) in [6.45, 7) is 1.96. The van der Waals surface area contributed by atoms with Gasteiger partial charge in [-0.05, 0) is 25.3 Å². The largest absolute Gasteiger partial charge is 0.508 e. The molecular formula is C22H27N7O3. The number of anilines is 1. The van der Waals surface area contributed by atoms with E-state index in [4.69, 9.17) is 4.74 Å². The minimum Gasteiger partial charge on any atom is -0.508 e. The third kappa shape index (κ3) is 4.66. The van der Waals surface area contributed by atoms with Crippen molar-refractivity contribution in [3.8, 4) is 17.0 Å². The molecule has 0 radical (unpaired) electrons. The molecule has 2 aromatic heterocycles. The van der Waals surface area contributed by atoms with Crippen molar-refractivity contribution in [2.45, 2.75) is 12.7 Å². The monoisotopic (exact) mass is 437 g/mol. The molecule has 0 saturated heterocycles. The van der Waals surface area contributed by atoms with Gasteiger partial charge in [-0.25, -0.2) is 4.98 Å². The number of likely N-dealkylation sites (N-methyl/N-ethyl adjacent to an activating group) is 1. The van der Waals surface area contributed by atoms with Crippen molar-refractivity contribution in [2.24, 2.45) is 7.05 Å². The fourth-order valence-corrected chi connectivity index (χ4v) is 3.59. The Morgan fingerprint density at radius 2 is 2.25 bits per heavy atom. The number of rotatable bonds is 8. The lowest BCUT2D eigenvalue weighted by atomic mass is 10.1. The summed E-state index contributed by atoms with van der Waals surface area (Å²) >= 11 is 0. The van der Waals surface area contributed by atoms with Crippen LogP contribution in [0, 0.1) is 0 Å². The van der Waals surface area contributed by atoms with Crippen LogP contribution in [0.2, 0.25) is 0 Å². The third-order valence-corrected chi connectivity index (χ3v) is 5.23. The fraction of sp³-hybridized carbons (Fsp3) is 0.318. The summed E-state index contributed by atoms with van der Waals surface area (Å²) in [6.07, 6.45) is 6.85. The van der Waals surface area contributed by atoms with Crippen LogP contribution in [0.3, 0.4) is 0 Å². The molecule has 168 valence electrons. The Kier molecular flexibility index (Phi) is 6.24. The van der Waals surface area contributed by atoms with Gasteiger partial charge in [0.2, 0.25) is 5.95 Å². The minimum absolute atomic E-state index is 0.182. The van der Waals surface area contributed by atoms with Crippen molar-refractivity contribution in [1.82, 2.24) is 29.5 Å². The van der Waals surface area contributed by atoms with Gasteiger partial charge >= 0.3 is 0 Å². The van der Waals surface area contributed by atoms with Crippen molar-refractivity contribution in [2.75, 3.05) is 32.6 Å². The van der Waals surface area contributed by atoms with E-state index in [2.05, 4.69) is 25.6 Å². The molecule has 10 nitrogen and oxygen atoms in total. The van der Waals surface area contributed by atoms with E-state index in [0.29, 0.717) is 30.5 Å². The second-order valence-electron chi connectivity index (χ2n) is 7.72. The van der Waals surface area contributed by atoms with Gasteiger partial charge in [-0.3, -0.25) is 18.9 Å². The molecule has 3 aromatic rings. The second-order valence-corrected chi connectivity index (χ2v) is 7.72. The number of phenolic OH excluding ortho intramolecular Hbond substituents is 1. The molecule has 0 saturated carbocycles. The summed E-state index contributed by atoms with van der Waals surface area (Å²) in [5, 5.41) is 20.2. The number of aryl methyl sites for hydroxylation is 1. The van der Waals surface area contributed by atoms with Crippen molar-refractivity contribution in [3.63, 3.8) is 0 Å². The van der Waals surface area contributed by atoms with E-state index in [1.54, 1.807) is 43.2 Å². The Morgan fingerprint density at radius 3 is 3.03 bits per heavy atom. The fourth-order valence-electron chi connectivity index (χ4n) is 3.59. The quantitative estimate of drug-likeness (QED) is 0.492. The molecule has 32 heavy (non-hydrogen) atoms. The first-order valence-electron chi connectivity index (χ1n) is 10.3. The van der Waals surface area contributed by atoms with Gasteiger partial charge < -0.3 is 20.5 Å². The number of amides is 1. The smallest absolute Gasteiger partial charge is 0.271 e. The number of methoxy groups -OCH3 is 1. The number of fused-ring (bicyclic) bond motifs is 1. The molecule has 0 bridgehead atoms. The van der Waals surface area contributed by atoms with Crippen molar-refractivity contribution in [1.29, 1.82) is 0 Å². The average Bonchev–Trinajstić information content (AvgIpc) is 3.35. The molecule has 0 aliphatic carbocycles. The number of phenols is 1. The molecule has 0 fully saturated rings. The highest BCUT2D eigenvalue weighted by Crippen LogP contribution is 2.26. The van der Waals surface area contributed by atoms with Gasteiger partial charge in [-0.15, -0.1) is 0 Å². The molecular weight excluding hydrogens is 410 g/mol. The van der Waals surface area contributed by atoms with E-state index in [9.17, 15) is 9.90 Å². The molecule has 1 atom stereocenters. The van der Waals surface area contributed by atoms with Crippen LogP contribution < -0.4 is 10.6 Å². The van der Waals surface area contributed by atoms with Gasteiger partial charge in [-0.2, -0.15) is 5.10 Å². The summed E-state index contributed by atoms with van der Waals surface area (Å²) in [5.41, 5.74) is 2.88. The number of aromatic nitrogens is 4. The van der Waals surface area contributed by atoms with Crippen LogP contribution in [0.1, 0.15) is 16.1 Å². The molecule has 3 N–H and O–H groups in total. The number of ether oxygens (including phenoxy) is 1. The lowest BCUT2D eigenvalue weighted by Crippen LogP contribution is -2.42. The number of nitrogens with zero attached hydrogens (tertiary/aromatic N) is 5. The van der Waals surface area contributed by atoms with Crippen LogP contribution in [0.15, 0.2) is 42.7 Å². The molecule has 0 spiro atoms. The van der Waals surface area contributed by atoms with E-state index in [1.807, 2.05) is 36.2 Å². The molecule has 1 aromatic carbocycles. The minimum atomic E-state index is -0.427. The first-order chi connectivity index (χ1) is 15.4. The SMILES string of the molecule is COCCN(C)Cc1cnn(C)c1C(=O)NC1C=Cn2cc(-c3cccc(O)c3)nc2N1. The van der Waals surface area contributed by atoms with E-state index in [-0.39, 0.29) is 11.7 Å². The molecule has 1 aliphatic rings. The zero-order chi connectivity index (χ0) is 22.7. The van der Waals surface area contributed by atoms with Crippen LogP contribution in [0.5, 0.6) is 5.75 Å². The Labute approximate surface area is 186 Å². The normalized spacial score (nSPS) is 14.9. The van der Waals surface area contributed by atoms with Crippen LogP contribution in [0.4, 0.5) is 5.95 Å². The molecule has 4 rings (SSSR count). The number of carbonyl (C=O) groups is 1. The second kappa shape index (κ2) is 9.25. The van der Waals surface area contributed by atoms with Crippen LogP contribution >= 0.6 is 0 Å². The number of benzene rings is 1. The first kappa shape index (κ1) is 21.6. The number of aromatic hydroxyl groups is 1. The topological polar surface area (TPSA) is 109 Å². The third-order valence-electron chi connectivity index (χ3n) is 5.23. The molecule has 1 amide bonds. The van der Waals surface area contributed by atoms with Crippen molar-refractivity contribution < 1.29 is 14.6 Å². The summed E-state index contributed by atoms with van der Waals surface area (Å²) in [7, 11) is 5.40. The Morgan fingerprint density at radius 1 is 1.41 bits per heavy atom. The highest BCUT2D eigenvalue weighted by atomic mass is 16.5. The predicted molar refractivity (Wildman–Crippen MR) is 121 cm³/mol. The lowest BCUT2D eigenvalue weighted by Gasteiger charge is -2.22. The Bertz CT molecular complexity index is 1130. The van der Waals surface area contributed by atoms with E-state index in [1.165, 1.54) is 0 Å². The van der Waals surface area contributed by atoms with E-state index in [0.717, 1.165) is 17.7 Å². The number of hydrogen-bond donors (Lipinski definition) is 3. The summed E-state index contributed by atoms with van der Waals surface area (Å²) in [5.74, 6) is 0.554. The molecule has 1 unspecified atom stereocenters. The van der Waals surface area contributed by atoms with E-state index < -0.39 is 6.17 Å². The summed E-state index contributed by atoms with van der Waals surface area (Å²) in [6, 6.07) is 6.92. The lowest BCUT2D eigenvalue weighted by molar-refractivity contribution is 0.0936. The maximum atomic E-state index is 13.0. The number of hydrogen-bond acceptors (Lipinski definition) is 7. The van der Waals surface area contributed by atoms with Gasteiger partial charge in [0.05, 0.1) is 18.5 Å².